The Labute approximate surface area is 98.8 Å². The van der Waals surface area contributed by atoms with E-state index in [0.29, 0.717) is 6.04 Å². The van der Waals surface area contributed by atoms with Gasteiger partial charge in [0.15, 0.2) is 0 Å². The molecule has 0 atom stereocenters. The van der Waals surface area contributed by atoms with Crippen LogP contribution in [0, 0.1) is 0 Å². The Kier molecular flexibility index (Phi) is 6.23. The van der Waals surface area contributed by atoms with Crippen LogP contribution in [0.5, 0.6) is 0 Å². The Morgan fingerprint density at radius 3 is 2.50 bits per heavy atom. The predicted octanol–water partition coefficient (Wildman–Crippen LogP) is 1.57. The first kappa shape index (κ1) is 13.3. The normalized spacial score (nSPS) is 15.9. The van der Waals surface area contributed by atoms with Gasteiger partial charge in [-0.25, -0.2) is 4.79 Å². The van der Waals surface area contributed by atoms with E-state index in [2.05, 4.69) is 29.4 Å². The van der Waals surface area contributed by atoms with Gasteiger partial charge in [0.25, 0.3) is 0 Å². The summed E-state index contributed by atoms with van der Waals surface area (Å²) in [6.45, 7) is 8.35. The summed E-state index contributed by atoms with van der Waals surface area (Å²) in [4.78, 5) is 13.8. The van der Waals surface area contributed by atoms with Crippen LogP contribution >= 0.6 is 0 Å². The summed E-state index contributed by atoms with van der Waals surface area (Å²) in [6.07, 6.45) is 4.58. The average molecular weight is 227 g/mol. The fourth-order valence-electron chi connectivity index (χ4n) is 1.83. The largest absolute Gasteiger partial charge is 0.338 e. The fraction of sp³-hybridized carbons (Fsp3) is 0.917. The van der Waals surface area contributed by atoms with E-state index in [4.69, 9.17) is 0 Å². The van der Waals surface area contributed by atoms with Gasteiger partial charge in [0.05, 0.1) is 0 Å². The van der Waals surface area contributed by atoms with Crippen molar-refractivity contribution < 1.29 is 4.79 Å². The molecular weight excluding hydrogens is 202 g/mol. The number of nitrogens with zero attached hydrogens (tertiary/aromatic N) is 1. The maximum absolute atomic E-state index is 11.4. The molecule has 0 saturated heterocycles. The average Bonchev–Trinajstić information content (AvgIpc) is 2.24. The molecule has 2 amide bonds. The van der Waals surface area contributed by atoms with Crippen LogP contribution in [0.15, 0.2) is 0 Å². The van der Waals surface area contributed by atoms with Crippen LogP contribution in [-0.4, -0.2) is 43.2 Å². The molecular formula is C12H25N3O. The van der Waals surface area contributed by atoms with Gasteiger partial charge in [0.1, 0.15) is 0 Å². The van der Waals surface area contributed by atoms with E-state index >= 15 is 0 Å². The first-order valence-corrected chi connectivity index (χ1v) is 6.53. The first-order chi connectivity index (χ1) is 7.76. The van der Waals surface area contributed by atoms with Crippen LogP contribution in [0.1, 0.15) is 39.5 Å². The van der Waals surface area contributed by atoms with Crippen molar-refractivity contribution >= 4 is 6.03 Å². The van der Waals surface area contributed by atoms with Crippen LogP contribution in [0.4, 0.5) is 4.79 Å². The van der Waals surface area contributed by atoms with E-state index in [-0.39, 0.29) is 6.03 Å². The van der Waals surface area contributed by atoms with Gasteiger partial charge in [0.2, 0.25) is 0 Å². The molecule has 1 fully saturated rings. The van der Waals surface area contributed by atoms with Gasteiger partial charge in [-0.3, -0.25) is 0 Å². The molecule has 0 aromatic heterocycles. The second-order valence-corrected chi connectivity index (χ2v) is 4.41. The summed E-state index contributed by atoms with van der Waals surface area (Å²) >= 11 is 0. The number of carbonyl (C=O) groups is 1. The van der Waals surface area contributed by atoms with Gasteiger partial charge in [-0.05, 0) is 45.3 Å². The third-order valence-electron chi connectivity index (χ3n) is 3.27. The number of nitrogens with one attached hydrogen (secondary N) is 2. The predicted molar refractivity (Wildman–Crippen MR) is 66.6 cm³/mol. The molecule has 1 rings (SSSR count). The third kappa shape index (κ3) is 4.84. The number of carbonyl (C=O) groups excluding carboxylic acids is 1. The number of hydrogen-bond acceptors (Lipinski definition) is 2. The summed E-state index contributed by atoms with van der Waals surface area (Å²) in [5.41, 5.74) is 0. The van der Waals surface area contributed by atoms with Crippen molar-refractivity contribution in [2.24, 2.45) is 0 Å². The van der Waals surface area contributed by atoms with Crippen molar-refractivity contribution in [3.8, 4) is 0 Å². The molecule has 94 valence electrons. The van der Waals surface area contributed by atoms with Crippen molar-refractivity contribution in [3.63, 3.8) is 0 Å². The molecule has 0 aromatic rings. The van der Waals surface area contributed by atoms with E-state index in [1.54, 1.807) is 0 Å². The number of hydrogen-bond donors (Lipinski definition) is 2. The highest BCUT2D eigenvalue weighted by molar-refractivity contribution is 5.74. The van der Waals surface area contributed by atoms with E-state index < -0.39 is 0 Å². The van der Waals surface area contributed by atoms with Gasteiger partial charge in [-0.1, -0.05) is 13.8 Å². The summed E-state index contributed by atoms with van der Waals surface area (Å²) in [6, 6.07) is 0.437. The van der Waals surface area contributed by atoms with E-state index in [0.717, 1.165) is 45.4 Å². The zero-order valence-corrected chi connectivity index (χ0v) is 10.6. The molecule has 4 heteroatoms. The topological polar surface area (TPSA) is 44.4 Å². The summed E-state index contributed by atoms with van der Waals surface area (Å²) in [7, 11) is 0. The maximum Gasteiger partial charge on any atom is 0.315 e. The van der Waals surface area contributed by atoms with E-state index in [1.807, 2.05) is 0 Å². The lowest BCUT2D eigenvalue weighted by Crippen LogP contribution is -2.45. The second-order valence-electron chi connectivity index (χ2n) is 4.41. The molecule has 0 bridgehead atoms. The van der Waals surface area contributed by atoms with Crippen LogP contribution in [-0.2, 0) is 0 Å². The minimum absolute atomic E-state index is 0.00393. The van der Waals surface area contributed by atoms with E-state index in [1.165, 1.54) is 6.42 Å². The van der Waals surface area contributed by atoms with Crippen molar-refractivity contribution in [3.05, 3.63) is 0 Å². The monoisotopic (exact) mass is 227 g/mol. The molecule has 0 aliphatic heterocycles. The SMILES string of the molecule is CCN(CC)CCCNC(=O)NC1CCC1. The summed E-state index contributed by atoms with van der Waals surface area (Å²) < 4.78 is 0. The Bertz CT molecular complexity index is 200. The third-order valence-corrected chi connectivity index (χ3v) is 3.27. The minimum Gasteiger partial charge on any atom is -0.338 e. The molecule has 0 aromatic carbocycles. The zero-order chi connectivity index (χ0) is 11.8. The Hall–Kier alpha value is -0.770. The highest BCUT2D eigenvalue weighted by atomic mass is 16.2. The number of urea groups is 1. The minimum atomic E-state index is 0.00393. The molecule has 1 saturated carbocycles. The molecule has 0 heterocycles. The fourth-order valence-corrected chi connectivity index (χ4v) is 1.83. The molecule has 0 unspecified atom stereocenters. The highest BCUT2D eigenvalue weighted by Gasteiger charge is 2.18. The lowest BCUT2D eigenvalue weighted by Gasteiger charge is -2.26. The van der Waals surface area contributed by atoms with Gasteiger partial charge < -0.3 is 15.5 Å². The van der Waals surface area contributed by atoms with Crippen molar-refractivity contribution in [2.45, 2.75) is 45.6 Å². The van der Waals surface area contributed by atoms with Crippen molar-refractivity contribution in [1.29, 1.82) is 0 Å². The Morgan fingerprint density at radius 1 is 1.31 bits per heavy atom. The van der Waals surface area contributed by atoms with Crippen molar-refractivity contribution in [2.75, 3.05) is 26.2 Å². The van der Waals surface area contributed by atoms with Gasteiger partial charge in [-0.15, -0.1) is 0 Å². The smallest absolute Gasteiger partial charge is 0.315 e. The maximum atomic E-state index is 11.4. The van der Waals surface area contributed by atoms with Crippen LogP contribution in [0.25, 0.3) is 0 Å². The molecule has 0 spiro atoms. The number of rotatable bonds is 7. The quantitative estimate of drug-likeness (QED) is 0.648. The molecule has 4 nitrogen and oxygen atoms in total. The van der Waals surface area contributed by atoms with Crippen molar-refractivity contribution in [1.82, 2.24) is 15.5 Å². The molecule has 1 aliphatic carbocycles. The lowest BCUT2D eigenvalue weighted by atomic mass is 9.93. The van der Waals surface area contributed by atoms with Crippen LogP contribution in [0.3, 0.4) is 0 Å². The Morgan fingerprint density at radius 2 is 2.00 bits per heavy atom. The standard InChI is InChI=1S/C12H25N3O/c1-3-15(4-2)10-6-9-13-12(16)14-11-7-5-8-11/h11H,3-10H2,1-2H3,(H2,13,14,16). The number of amides is 2. The Balaban J connectivity index is 1.95. The summed E-state index contributed by atoms with van der Waals surface area (Å²) in [5, 5.41) is 5.88. The molecule has 16 heavy (non-hydrogen) atoms. The first-order valence-electron chi connectivity index (χ1n) is 6.53. The van der Waals surface area contributed by atoms with Gasteiger partial charge in [-0.2, -0.15) is 0 Å². The van der Waals surface area contributed by atoms with Crippen LogP contribution in [0.2, 0.25) is 0 Å². The van der Waals surface area contributed by atoms with Crippen LogP contribution < -0.4 is 10.6 Å². The lowest BCUT2D eigenvalue weighted by molar-refractivity contribution is 0.227. The second kappa shape index (κ2) is 7.49. The highest BCUT2D eigenvalue weighted by Crippen LogP contribution is 2.17. The van der Waals surface area contributed by atoms with Gasteiger partial charge >= 0.3 is 6.03 Å². The zero-order valence-electron chi connectivity index (χ0n) is 10.6. The molecule has 2 N–H and O–H groups in total. The molecule has 0 radical (unpaired) electrons. The molecule has 1 aliphatic rings. The van der Waals surface area contributed by atoms with Gasteiger partial charge in [0, 0.05) is 12.6 Å². The van der Waals surface area contributed by atoms with E-state index in [9.17, 15) is 4.79 Å². The summed E-state index contributed by atoms with van der Waals surface area (Å²) in [5.74, 6) is 0.